The molecule has 1 aliphatic rings. The van der Waals surface area contributed by atoms with Gasteiger partial charge in [-0.25, -0.2) is 0 Å². The first-order chi connectivity index (χ1) is 13.1. The van der Waals surface area contributed by atoms with Crippen molar-refractivity contribution in [2.45, 2.75) is 0 Å². The zero-order valence-corrected chi connectivity index (χ0v) is 17.5. The van der Waals surface area contributed by atoms with Crippen molar-refractivity contribution in [3.05, 3.63) is 94.5 Å². The molecule has 1 unspecified atom stereocenters. The number of pyridine rings is 1. The van der Waals surface area contributed by atoms with Crippen LogP contribution in [0.1, 0.15) is 16.1 Å². The average molecular weight is 411 g/mol. The number of thiophene rings is 1. The molecule has 0 fully saturated rings. The van der Waals surface area contributed by atoms with Crippen LogP contribution in [0.2, 0.25) is 0 Å². The van der Waals surface area contributed by atoms with Crippen LogP contribution in [-0.2, 0) is 0 Å². The molecule has 2 aromatic heterocycles. The van der Waals surface area contributed by atoms with Crippen LogP contribution in [-0.4, -0.2) is 23.9 Å². The van der Waals surface area contributed by atoms with E-state index in [4.69, 9.17) is 10.7 Å². The van der Waals surface area contributed by atoms with Crippen LogP contribution in [0.3, 0.4) is 0 Å². The number of aromatic nitrogens is 1. The summed E-state index contributed by atoms with van der Waals surface area (Å²) in [6.07, 6.45) is 6.22. The highest BCUT2D eigenvalue weighted by molar-refractivity contribution is 8.42. The fourth-order valence-corrected chi connectivity index (χ4v) is 6.09. The molecule has 4 rings (SSSR count). The monoisotopic (exact) mass is 410 g/mol. The molecule has 0 N–H and O–H groups in total. The molecule has 0 saturated heterocycles. The van der Waals surface area contributed by atoms with E-state index >= 15 is 0 Å². The molecule has 0 saturated carbocycles. The van der Waals surface area contributed by atoms with Gasteiger partial charge in [-0.2, -0.15) is 0 Å². The zero-order chi connectivity index (χ0) is 18.8. The molecule has 3 aromatic rings. The van der Waals surface area contributed by atoms with Crippen LogP contribution in [0, 0.1) is 0 Å². The molecule has 0 aliphatic carbocycles. The largest absolute Gasteiger partial charge is 0.378 e. The fraction of sp³-hybridized carbons (Fsp3) is 0.0909. The first kappa shape index (κ1) is 18.2. The number of hydrogen-bond donors (Lipinski definition) is 0. The average Bonchev–Trinajstić information content (AvgIpc) is 3.23. The number of benzene rings is 1. The van der Waals surface area contributed by atoms with E-state index in [2.05, 4.69) is 77.9 Å². The minimum atomic E-state index is -0.539. The van der Waals surface area contributed by atoms with Crippen LogP contribution >= 0.6 is 31.7 Å². The Morgan fingerprint density at radius 3 is 2.41 bits per heavy atom. The molecule has 0 amide bonds. The predicted molar refractivity (Wildman–Crippen MR) is 123 cm³/mol. The molecule has 1 aromatic carbocycles. The quantitative estimate of drug-likeness (QED) is 0.470. The highest BCUT2D eigenvalue weighted by Crippen LogP contribution is 2.46. The first-order valence-electron chi connectivity index (χ1n) is 8.57. The van der Waals surface area contributed by atoms with Gasteiger partial charge in [0.05, 0.1) is 5.69 Å². The lowest BCUT2D eigenvalue weighted by molar-refractivity contribution is 1.13. The summed E-state index contributed by atoms with van der Waals surface area (Å²) in [7, 11) is 10.5. The summed E-state index contributed by atoms with van der Waals surface area (Å²) in [5, 5.41) is 2.09. The topological polar surface area (TPSA) is 16.1 Å². The minimum Gasteiger partial charge on any atom is -0.378 e. The third-order valence-corrected chi connectivity index (χ3v) is 7.82. The number of rotatable bonds is 4. The van der Waals surface area contributed by atoms with Gasteiger partial charge in [0.1, 0.15) is 0 Å². The standard InChI is InChI=1S/C22H19ClN2S2/c1-25(2)18-10-8-16(9-11-18)17-14-21(19-6-3-4-12-24-19)27(23)22(15-17)20-7-5-13-26-20/h3-15H,1-2H3. The molecule has 0 bridgehead atoms. The maximum absolute atomic E-state index is 6.93. The van der Waals surface area contributed by atoms with Gasteiger partial charge in [0, 0.05) is 40.6 Å². The summed E-state index contributed by atoms with van der Waals surface area (Å²) in [5.74, 6) is 0. The first-order valence-corrected chi connectivity index (χ1v) is 11.5. The van der Waals surface area contributed by atoms with E-state index in [1.165, 1.54) is 16.1 Å². The van der Waals surface area contributed by atoms with Crippen molar-refractivity contribution in [2.75, 3.05) is 19.0 Å². The van der Waals surface area contributed by atoms with E-state index < -0.39 is 9.70 Å². The molecule has 0 radical (unpaired) electrons. The Hall–Kier alpha value is -2.14. The smallest absolute Gasteiger partial charge is 0.0772 e. The van der Waals surface area contributed by atoms with Crippen LogP contribution in [0.4, 0.5) is 5.69 Å². The second-order valence-electron chi connectivity index (χ2n) is 6.36. The second-order valence-corrected chi connectivity index (χ2v) is 9.63. The van der Waals surface area contributed by atoms with Crippen molar-refractivity contribution in [1.82, 2.24) is 4.98 Å². The van der Waals surface area contributed by atoms with Gasteiger partial charge in [-0.15, -0.1) is 11.3 Å². The summed E-state index contributed by atoms with van der Waals surface area (Å²) in [4.78, 5) is 10.1. The maximum atomic E-state index is 6.93. The van der Waals surface area contributed by atoms with Gasteiger partial charge in [-0.1, -0.05) is 34.0 Å². The van der Waals surface area contributed by atoms with Crippen molar-refractivity contribution in [2.24, 2.45) is 0 Å². The lowest BCUT2D eigenvalue weighted by atomic mass is 10.0. The third-order valence-electron chi connectivity index (χ3n) is 4.36. The van der Waals surface area contributed by atoms with E-state index in [1.807, 2.05) is 24.4 Å². The van der Waals surface area contributed by atoms with Crippen LogP contribution in [0.5, 0.6) is 0 Å². The molecule has 1 atom stereocenters. The van der Waals surface area contributed by atoms with E-state index in [0.717, 1.165) is 21.0 Å². The van der Waals surface area contributed by atoms with Crippen LogP contribution in [0.25, 0.3) is 10.5 Å². The number of hydrogen-bond acceptors (Lipinski definition) is 3. The summed E-state index contributed by atoms with van der Waals surface area (Å²) in [5.41, 5.74) is 4.45. The van der Waals surface area contributed by atoms with Crippen molar-refractivity contribution in [3.63, 3.8) is 0 Å². The molecule has 136 valence electrons. The molecule has 1 aliphatic heterocycles. The maximum Gasteiger partial charge on any atom is 0.0772 e. The van der Waals surface area contributed by atoms with Gasteiger partial charge < -0.3 is 4.90 Å². The van der Waals surface area contributed by atoms with E-state index in [0.29, 0.717) is 0 Å². The van der Waals surface area contributed by atoms with Crippen molar-refractivity contribution in [1.29, 1.82) is 0 Å². The summed E-state index contributed by atoms with van der Waals surface area (Å²) >= 11 is 1.72. The van der Waals surface area contributed by atoms with Gasteiger partial charge in [0.2, 0.25) is 0 Å². The Morgan fingerprint density at radius 1 is 0.963 bits per heavy atom. The fourth-order valence-electron chi connectivity index (χ4n) is 2.92. The van der Waals surface area contributed by atoms with Crippen molar-refractivity contribution in [3.8, 4) is 0 Å². The highest BCUT2D eigenvalue weighted by atomic mass is 35.7. The molecule has 27 heavy (non-hydrogen) atoms. The summed E-state index contributed by atoms with van der Waals surface area (Å²) < 4.78 is 0. The molecule has 2 nitrogen and oxygen atoms in total. The van der Waals surface area contributed by atoms with Gasteiger partial charge in [0.25, 0.3) is 0 Å². The Bertz CT molecular complexity index is 1030. The lowest BCUT2D eigenvalue weighted by Gasteiger charge is -2.19. The minimum absolute atomic E-state index is 0.539. The van der Waals surface area contributed by atoms with Gasteiger partial charge in [-0.3, -0.25) is 4.98 Å². The van der Waals surface area contributed by atoms with Crippen LogP contribution < -0.4 is 4.90 Å². The third kappa shape index (κ3) is 3.79. The van der Waals surface area contributed by atoms with Crippen LogP contribution in [0.15, 0.2) is 78.3 Å². The van der Waals surface area contributed by atoms with Crippen molar-refractivity contribution < 1.29 is 0 Å². The van der Waals surface area contributed by atoms with Crippen molar-refractivity contribution >= 4 is 52.7 Å². The Labute approximate surface area is 170 Å². The molecular formula is C22H19ClN2S2. The summed E-state index contributed by atoms with van der Waals surface area (Å²) in [6, 6.07) is 18.8. The number of nitrogens with zero attached hydrogens (tertiary/aromatic N) is 2. The normalized spacial score (nSPS) is 16.7. The Kier molecular flexibility index (Phi) is 5.30. The SMILES string of the molecule is CN(C)c1ccc(C2=CC(c3ccccn3)=S(Cl)C(c3cccs3)=C2)cc1. The van der Waals surface area contributed by atoms with Gasteiger partial charge in [0.15, 0.2) is 0 Å². The highest BCUT2D eigenvalue weighted by Gasteiger charge is 2.19. The van der Waals surface area contributed by atoms with E-state index in [9.17, 15) is 0 Å². The Balaban J connectivity index is 1.85. The number of halogens is 1. The molecule has 0 spiro atoms. The number of allylic oxidation sites excluding steroid dienone is 3. The molecule has 5 heteroatoms. The zero-order valence-electron chi connectivity index (χ0n) is 15.1. The second kappa shape index (κ2) is 7.85. The number of anilines is 1. The van der Waals surface area contributed by atoms with E-state index in [-0.39, 0.29) is 0 Å². The lowest BCUT2D eigenvalue weighted by Crippen LogP contribution is -2.08. The molecule has 3 heterocycles. The summed E-state index contributed by atoms with van der Waals surface area (Å²) in [6.45, 7) is 0. The predicted octanol–water partition coefficient (Wildman–Crippen LogP) is 6.29. The van der Waals surface area contributed by atoms with Gasteiger partial charge in [-0.05, 0) is 69.7 Å². The Morgan fingerprint density at radius 2 is 1.78 bits per heavy atom. The van der Waals surface area contributed by atoms with E-state index in [1.54, 1.807) is 11.3 Å². The van der Waals surface area contributed by atoms with Gasteiger partial charge >= 0.3 is 0 Å². The molecular weight excluding hydrogens is 392 g/mol.